The molecule has 0 fully saturated rings. The lowest BCUT2D eigenvalue weighted by molar-refractivity contribution is -0.116. The smallest absolute Gasteiger partial charge is 0.241 e. The number of nitrogens with two attached hydrogens (primary N) is 1. The van der Waals surface area contributed by atoms with E-state index in [2.05, 4.69) is 15.4 Å². The second kappa shape index (κ2) is 8.86. The third-order valence-corrected chi connectivity index (χ3v) is 6.55. The lowest BCUT2D eigenvalue weighted by Crippen LogP contribution is -2.33. The van der Waals surface area contributed by atoms with E-state index in [4.69, 9.17) is 24.7 Å². The van der Waals surface area contributed by atoms with Crippen LogP contribution in [0.15, 0.2) is 47.7 Å². The van der Waals surface area contributed by atoms with Crippen LogP contribution >= 0.6 is 0 Å². The van der Waals surface area contributed by atoms with E-state index in [1.54, 1.807) is 39.2 Å². The first kappa shape index (κ1) is 22.6. The number of ether oxygens (including phenoxy) is 4. The quantitative estimate of drug-likeness (QED) is 0.550. The average Bonchev–Trinajstić information content (AvgIpc) is 3.25. The molecular formula is C25H27N5O5. The van der Waals surface area contributed by atoms with Crippen LogP contribution in [0, 0.1) is 0 Å². The van der Waals surface area contributed by atoms with Crippen LogP contribution in [0.3, 0.4) is 0 Å². The number of carbonyl (C=O) groups is 1. The van der Waals surface area contributed by atoms with Gasteiger partial charge in [0.15, 0.2) is 17.3 Å². The monoisotopic (exact) mass is 477 g/mol. The molecule has 0 spiro atoms. The van der Waals surface area contributed by atoms with Crippen LogP contribution in [0.25, 0.3) is 0 Å². The summed E-state index contributed by atoms with van der Waals surface area (Å²) in [6, 6.07) is 10.7. The highest BCUT2D eigenvalue weighted by Gasteiger charge is 2.41. The molecule has 182 valence electrons. The van der Waals surface area contributed by atoms with E-state index >= 15 is 0 Å². The highest BCUT2D eigenvalue weighted by Crippen LogP contribution is 2.47. The average molecular weight is 478 g/mol. The molecule has 10 heteroatoms. The zero-order valence-corrected chi connectivity index (χ0v) is 20.0. The lowest BCUT2D eigenvalue weighted by atomic mass is 9.77. The van der Waals surface area contributed by atoms with Crippen molar-refractivity contribution in [1.29, 1.82) is 0 Å². The molecular weight excluding hydrogens is 450 g/mol. The summed E-state index contributed by atoms with van der Waals surface area (Å²) in [6.07, 6.45) is 0.947. The number of allylic oxidation sites excluding steroid dienone is 2. The molecule has 0 saturated heterocycles. The summed E-state index contributed by atoms with van der Waals surface area (Å²) in [4.78, 5) is 18.1. The maximum absolute atomic E-state index is 13.7. The standard InChI is InChI=1S/C25H27N5O5/c1-32-15-6-7-16(20(12-15)34-3)23-22-17(27-25-28-24(26)29-30(23)25)9-14(10-18(22)31)13-5-8-19(33-2)21(11-13)35-4/h5-8,11-12,14,23H,9-10H2,1-4H3,(H3,26,27,28,29)/t14-,23-/m0/s1. The number of fused-ring (bicyclic) bond motifs is 1. The molecule has 10 nitrogen and oxygen atoms in total. The fourth-order valence-electron chi connectivity index (χ4n) is 4.90. The minimum atomic E-state index is -0.536. The fraction of sp³-hybridized carbons (Fsp3) is 0.320. The number of nitrogens with zero attached hydrogens (tertiary/aromatic N) is 3. The van der Waals surface area contributed by atoms with Gasteiger partial charge in [-0.25, -0.2) is 4.68 Å². The van der Waals surface area contributed by atoms with Gasteiger partial charge in [-0.15, -0.1) is 5.10 Å². The van der Waals surface area contributed by atoms with Crippen molar-refractivity contribution < 1.29 is 23.7 Å². The maximum Gasteiger partial charge on any atom is 0.241 e. The first-order chi connectivity index (χ1) is 17.0. The molecule has 2 aromatic carbocycles. The minimum Gasteiger partial charge on any atom is -0.497 e. The highest BCUT2D eigenvalue weighted by atomic mass is 16.5. The zero-order chi connectivity index (χ0) is 24.7. The second-order valence-corrected chi connectivity index (χ2v) is 8.41. The molecule has 3 aromatic rings. The summed E-state index contributed by atoms with van der Waals surface area (Å²) in [6.45, 7) is 0. The van der Waals surface area contributed by atoms with Gasteiger partial charge in [-0.2, -0.15) is 4.98 Å². The molecule has 2 aliphatic rings. The Balaban J connectivity index is 1.60. The molecule has 0 unspecified atom stereocenters. The van der Waals surface area contributed by atoms with Crippen molar-refractivity contribution in [3.8, 4) is 23.0 Å². The summed E-state index contributed by atoms with van der Waals surface area (Å²) in [5.74, 6) is 3.07. The van der Waals surface area contributed by atoms with Crippen molar-refractivity contribution in [2.45, 2.75) is 24.8 Å². The van der Waals surface area contributed by atoms with Crippen molar-refractivity contribution in [2.24, 2.45) is 0 Å². The van der Waals surface area contributed by atoms with Gasteiger partial charge in [0.2, 0.25) is 11.9 Å². The third-order valence-electron chi connectivity index (χ3n) is 6.55. The Labute approximate surface area is 202 Å². The van der Waals surface area contributed by atoms with Gasteiger partial charge in [-0.05, 0) is 42.2 Å². The van der Waals surface area contributed by atoms with Gasteiger partial charge in [0.25, 0.3) is 0 Å². The van der Waals surface area contributed by atoms with Crippen LogP contribution < -0.4 is 30.0 Å². The lowest BCUT2D eigenvalue weighted by Gasteiger charge is -2.35. The minimum absolute atomic E-state index is 0.0149. The summed E-state index contributed by atoms with van der Waals surface area (Å²) >= 11 is 0. The number of hydrogen-bond acceptors (Lipinski definition) is 9. The number of nitrogens with one attached hydrogen (secondary N) is 1. The third kappa shape index (κ3) is 3.80. The fourth-order valence-corrected chi connectivity index (χ4v) is 4.90. The predicted octanol–water partition coefficient (Wildman–Crippen LogP) is 3.31. The number of aromatic nitrogens is 3. The van der Waals surface area contributed by atoms with Crippen LogP contribution in [0.2, 0.25) is 0 Å². The normalized spacial score (nSPS) is 18.9. The molecule has 1 aliphatic carbocycles. The van der Waals surface area contributed by atoms with Crippen molar-refractivity contribution in [2.75, 3.05) is 39.5 Å². The number of ketones is 1. The number of carbonyl (C=O) groups excluding carboxylic acids is 1. The van der Waals surface area contributed by atoms with Gasteiger partial charge in [0.05, 0.1) is 28.4 Å². The van der Waals surface area contributed by atoms with Gasteiger partial charge in [-0.3, -0.25) is 4.79 Å². The Hall–Kier alpha value is -4.21. The Morgan fingerprint density at radius 2 is 1.71 bits per heavy atom. The number of rotatable bonds is 6. The van der Waals surface area contributed by atoms with Crippen LogP contribution in [-0.4, -0.2) is 49.0 Å². The Bertz CT molecular complexity index is 1330. The van der Waals surface area contributed by atoms with E-state index in [0.29, 0.717) is 47.4 Å². The number of methoxy groups -OCH3 is 4. The van der Waals surface area contributed by atoms with E-state index in [1.807, 2.05) is 30.3 Å². The van der Waals surface area contributed by atoms with E-state index in [-0.39, 0.29) is 17.6 Å². The van der Waals surface area contributed by atoms with Crippen LogP contribution in [0.5, 0.6) is 23.0 Å². The van der Waals surface area contributed by atoms with Crippen molar-refractivity contribution in [1.82, 2.24) is 14.8 Å². The first-order valence-corrected chi connectivity index (χ1v) is 11.2. The topological polar surface area (TPSA) is 123 Å². The summed E-state index contributed by atoms with van der Waals surface area (Å²) in [5, 5.41) is 7.70. The zero-order valence-electron chi connectivity index (χ0n) is 20.0. The predicted molar refractivity (Wildman–Crippen MR) is 129 cm³/mol. The number of Topliss-reactive ketones (excluding diaryl/α,β-unsaturated/α-hetero) is 1. The number of benzene rings is 2. The molecule has 3 N–H and O–H groups in total. The highest BCUT2D eigenvalue weighted by molar-refractivity contribution is 6.00. The molecule has 1 aliphatic heterocycles. The second-order valence-electron chi connectivity index (χ2n) is 8.41. The van der Waals surface area contributed by atoms with Gasteiger partial charge in [-0.1, -0.05) is 6.07 Å². The largest absolute Gasteiger partial charge is 0.497 e. The van der Waals surface area contributed by atoms with Crippen LogP contribution in [0.4, 0.5) is 11.9 Å². The van der Waals surface area contributed by atoms with Crippen LogP contribution in [0.1, 0.15) is 35.9 Å². The summed E-state index contributed by atoms with van der Waals surface area (Å²) < 4.78 is 23.5. The number of nitrogen functional groups attached to an aromatic ring is 1. The molecule has 1 aromatic heterocycles. The van der Waals surface area contributed by atoms with Crippen molar-refractivity contribution in [3.63, 3.8) is 0 Å². The van der Waals surface area contributed by atoms with Gasteiger partial charge < -0.3 is 30.0 Å². The molecule has 0 bridgehead atoms. The number of hydrogen-bond donors (Lipinski definition) is 2. The molecule has 5 rings (SSSR count). The van der Waals surface area contributed by atoms with E-state index in [9.17, 15) is 4.79 Å². The molecule has 2 atom stereocenters. The van der Waals surface area contributed by atoms with E-state index in [1.165, 1.54) is 0 Å². The van der Waals surface area contributed by atoms with Gasteiger partial charge in [0, 0.05) is 29.3 Å². The van der Waals surface area contributed by atoms with Crippen molar-refractivity contribution >= 4 is 17.7 Å². The molecule has 0 radical (unpaired) electrons. The number of anilines is 2. The van der Waals surface area contributed by atoms with E-state index < -0.39 is 6.04 Å². The van der Waals surface area contributed by atoms with Crippen molar-refractivity contribution in [3.05, 3.63) is 58.8 Å². The molecule has 35 heavy (non-hydrogen) atoms. The Morgan fingerprint density at radius 3 is 2.43 bits per heavy atom. The summed E-state index contributed by atoms with van der Waals surface area (Å²) in [7, 11) is 6.37. The maximum atomic E-state index is 13.7. The van der Waals surface area contributed by atoms with Gasteiger partial charge >= 0.3 is 0 Å². The van der Waals surface area contributed by atoms with Gasteiger partial charge in [0.1, 0.15) is 17.5 Å². The summed E-state index contributed by atoms with van der Waals surface area (Å²) in [5.41, 5.74) is 9.14. The van der Waals surface area contributed by atoms with E-state index in [0.717, 1.165) is 16.8 Å². The Kier molecular flexibility index (Phi) is 5.72. The molecule has 2 heterocycles. The first-order valence-electron chi connectivity index (χ1n) is 11.2. The Morgan fingerprint density at radius 1 is 0.943 bits per heavy atom. The molecule has 0 amide bonds. The molecule has 0 saturated carbocycles. The SMILES string of the molecule is COc1ccc([C@H]2C3=C(C[C@H](c4ccc(OC)c(OC)c4)CC3=O)Nc3nc(N)nn32)c(OC)c1. The van der Waals surface area contributed by atoms with Crippen LogP contribution in [-0.2, 0) is 4.79 Å².